The fourth-order valence-electron chi connectivity index (χ4n) is 2.89. The maximum absolute atomic E-state index is 12.4. The minimum absolute atomic E-state index is 0.0902. The summed E-state index contributed by atoms with van der Waals surface area (Å²) in [7, 11) is 0. The van der Waals surface area contributed by atoms with E-state index in [1.807, 2.05) is 0 Å². The fraction of sp³-hybridized carbons (Fsp3) is 0.450. The van der Waals surface area contributed by atoms with Crippen LogP contribution in [0.5, 0.6) is 0 Å². The number of amides is 1. The summed E-state index contributed by atoms with van der Waals surface area (Å²) in [5, 5.41) is 20.4. The van der Waals surface area contributed by atoms with Crippen LogP contribution in [0.15, 0.2) is 42.1 Å². The molecule has 1 heterocycles. The molecule has 4 atom stereocenters. The van der Waals surface area contributed by atoms with Gasteiger partial charge in [-0.1, -0.05) is 18.2 Å². The Morgan fingerprint density at radius 3 is 2.39 bits per heavy atom. The zero-order valence-corrected chi connectivity index (χ0v) is 16.1. The Labute approximate surface area is 163 Å². The number of ether oxygens (including phenoxy) is 2. The summed E-state index contributed by atoms with van der Waals surface area (Å²) in [6, 6.07) is 7.32. The lowest BCUT2D eigenvalue weighted by molar-refractivity contribution is -0.181. The highest BCUT2D eigenvalue weighted by Crippen LogP contribution is 2.24. The molecule has 1 aliphatic heterocycles. The highest BCUT2D eigenvalue weighted by molar-refractivity contribution is 5.93. The van der Waals surface area contributed by atoms with Gasteiger partial charge in [0.15, 0.2) is 11.9 Å². The number of rotatable bonds is 6. The van der Waals surface area contributed by atoms with Gasteiger partial charge in [-0.05, 0) is 26.0 Å². The predicted molar refractivity (Wildman–Crippen MR) is 99.2 cm³/mol. The van der Waals surface area contributed by atoms with E-state index in [2.05, 4.69) is 0 Å². The van der Waals surface area contributed by atoms with Gasteiger partial charge in [0, 0.05) is 18.7 Å². The molecular weight excluding hydrogens is 366 g/mol. The average Bonchev–Trinajstić information content (AvgIpc) is 2.68. The van der Waals surface area contributed by atoms with Crippen molar-refractivity contribution in [3.05, 3.63) is 47.7 Å². The summed E-state index contributed by atoms with van der Waals surface area (Å²) in [6.07, 6.45) is -2.11. The van der Waals surface area contributed by atoms with Crippen molar-refractivity contribution < 1.29 is 34.1 Å². The van der Waals surface area contributed by atoms with Crippen LogP contribution in [-0.4, -0.2) is 70.3 Å². The maximum Gasteiger partial charge on any atom is 0.338 e. The topological polar surface area (TPSA) is 113 Å². The molecule has 0 bridgehead atoms. The van der Waals surface area contributed by atoms with Crippen molar-refractivity contribution in [1.82, 2.24) is 4.90 Å². The third-order valence-electron chi connectivity index (χ3n) is 4.62. The van der Waals surface area contributed by atoms with Gasteiger partial charge in [-0.2, -0.15) is 0 Å². The molecule has 1 fully saturated rings. The summed E-state index contributed by atoms with van der Waals surface area (Å²) in [5.74, 6) is -1.32. The second-order valence-electron chi connectivity index (χ2n) is 6.64. The Morgan fingerprint density at radius 1 is 1.21 bits per heavy atom. The molecule has 0 saturated carbocycles. The quantitative estimate of drug-likeness (QED) is 0.541. The molecule has 1 unspecified atom stereocenters. The molecule has 0 spiro atoms. The van der Waals surface area contributed by atoms with Crippen molar-refractivity contribution in [3.8, 4) is 0 Å². The number of hydrogen-bond donors (Lipinski definition) is 2. The molecule has 0 radical (unpaired) electrons. The molecule has 2 N–H and O–H groups in total. The lowest BCUT2D eigenvalue weighted by atomic mass is 9.96. The Hall–Kier alpha value is -2.55. The molecule has 1 amide bonds. The zero-order chi connectivity index (χ0) is 20.8. The first-order chi connectivity index (χ1) is 13.3. The summed E-state index contributed by atoms with van der Waals surface area (Å²) >= 11 is 0. The number of ketones is 1. The van der Waals surface area contributed by atoms with E-state index < -0.39 is 42.8 Å². The minimum atomic E-state index is -1.32. The first-order valence-corrected chi connectivity index (χ1v) is 8.91. The lowest BCUT2D eigenvalue weighted by Crippen LogP contribution is -2.61. The Bertz CT molecular complexity index is 746. The van der Waals surface area contributed by atoms with Gasteiger partial charge in [-0.3, -0.25) is 9.59 Å². The van der Waals surface area contributed by atoms with Gasteiger partial charge in [0.1, 0.15) is 12.2 Å². The molecule has 152 valence electrons. The normalized spacial score (nSPS) is 25.1. The Kier molecular flexibility index (Phi) is 7.45. The summed E-state index contributed by atoms with van der Waals surface area (Å²) in [4.78, 5) is 37.2. The van der Waals surface area contributed by atoms with E-state index in [0.29, 0.717) is 5.57 Å². The Balaban J connectivity index is 2.26. The van der Waals surface area contributed by atoms with E-state index in [4.69, 9.17) is 9.47 Å². The third kappa shape index (κ3) is 5.03. The van der Waals surface area contributed by atoms with Crippen molar-refractivity contribution in [2.24, 2.45) is 0 Å². The van der Waals surface area contributed by atoms with Crippen molar-refractivity contribution in [2.45, 2.75) is 45.1 Å². The molecule has 1 aliphatic rings. The van der Waals surface area contributed by atoms with Crippen LogP contribution in [0, 0.1) is 0 Å². The molecule has 0 aliphatic carbocycles. The maximum atomic E-state index is 12.4. The molecule has 8 nitrogen and oxygen atoms in total. The van der Waals surface area contributed by atoms with E-state index >= 15 is 0 Å². The number of allylic oxidation sites excluding steroid dienone is 1. The number of benzene rings is 1. The molecule has 0 aromatic heterocycles. The van der Waals surface area contributed by atoms with E-state index in [0.717, 1.165) is 0 Å². The number of nitrogens with zero attached hydrogens (tertiary/aromatic N) is 1. The van der Waals surface area contributed by atoms with E-state index in [-0.39, 0.29) is 18.0 Å². The number of carbonyl (C=O) groups excluding carboxylic acids is 3. The highest BCUT2D eigenvalue weighted by Gasteiger charge is 2.44. The highest BCUT2D eigenvalue weighted by atomic mass is 16.6. The second-order valence-corrected chi connectivity index (χ2v) is 6.64. The van der Waals surface area contributed by atoms with Gasteiger partial charge in [-0.15, -0.1) is 0 Å². The van der Waals surface area contributed by atoms with Crippen molar-refractivity contribution in [3.63, 3.8) is 0 Å². The smallest absolute Gasteiger partial charge is 0.338 e. The molecule has 28 heavy (non-hydrogen) atoms. The number of carbonyl (C=O) groups is 3. The summed E-state index contributed by atoms with van der Waals surface area (Å²) in [6.45, 7) is 3.65. The monoisotopic (exact) mass is 391 g/mol. The SMILES string of the molecule is CC(=O)/C(C)=C\N(C(C)=O)[C@@H]1COC(CO)[C@@H](OC(=O)c2ccccc2)[C@H]1O. The molecule has 1 saturated heterocycles. The minimum Gasteiger partial charge on any atom is -0.453 e. The van der Waals surface area contributed by atoms with Gasteiger partial charge in [0.2, 0.25) is 5.91 Å². The molecule has 1 aromatic rings. The van der Waals surface area contributed by atoms with E-state index in [1.165, 1.54) is 24.9 Å². The van der Waals surface area contributed by atoms with Gasteiger partial charge < -0.3 is 24.6 Å². The van der Waals surface area contributed by atoms with Crippen LogP contribution in [0.4, 0.5) is 0 Å². The van der Waals surface area contributed by atoms with Crippen molar-refractivity contribution >= 4 is 17.7 Å². The van der Waals surface area contributed by atoms with Gasteiger partial charge >= 0.3 is 5.97 Å². The summed E-state index contributed by atoms with van der Waals surface area (Å²) < 4.78 is 10.9. The Morgan fingerprint density at radius 2 is 1.86 bits per heavy atom. The average molecular weight is 391 g/mol. The predicted octanol–water partition coefficient (Wildman–Crippen LogP) is 0.674. The van der Waals surface area contributed by atoms with Gasteiger partial charge in [0.05, 0.1) is 24.8 Å². The number of aliphatic hydroxyl groups excluding tert-OH is 2. The molecule has 1 aromatic carbocycles. The van der Waals surface area contributed by atoms with Crippen LogP contribution in [-0.2, 0) is 19.1 Å². The standard InChI is InChI=1S/C20H25NO7/c1-12(13(2)23)9-21(14(3)24)16-11-27-17(10-22)19(18(16)25)28-20(26)15-7-5-4-6-8-15/h4-9,16-19,22,25H,10-11H2,1-3H3/b12-9-/t16-,17?,18+,19-/m1/s1. The lowest BCUT2D eigenvalue weighted by Gasteiger charge is -2.42. The van der Waals surface area contributed by atoms with Crippen LogP contribution in [0.2, 0.25) is 0 Å². The zero-order valence-electron chi connectivity index (χ0n) is 16.1. The van der Waals surface area contributed by atoms with Gasteiger partial charge in [-0.25, -0.2) is 4.79 Å². The fourth-order valence-corrected chi connectivity index (χ4v) is 2.89. The second kappa shape index (κ2) is 9.59. The van der Waals surface area contributed by atoms with E-state index in [9.17, 15) is 24.6 Å². The van der Waals surface area contributed by atoms with Crippen LogP contribution in [0.3, 0.4) is 0 Å². The summed E-state index contributed by atoms with van der Waals surface area (Å²) in [5.41, 5.74) is 0.605. The van der Waals surface area contributed by atoms with Crippen LogP contribution in [0.25, 0.3) is 0 Å². The largest absolute Gasteiger partial charge is 0.453 e. The van der Waals surface area contributed by atoms with Gasteiger partial charge in [0.25, 0.3) is 0 Å². The van der Waals surface area contributed by atoms with Crippen LogP contribution < -0.4 is 0 Å². The van der Waals surface area contributed by atoms with Crippen molar-refractivity contribution in [1.29, 1.82) is 0 Å². The third-order valence-corrected chi connectivity index (χ3v) is 4.62. The van der Waals surface area contributed by atoms with Crippen LogP contribution >= 0.6 is 0 Å². The molecular formula is C20H25NO7. The van der Waals surface area contributed by atoms with Crippen molar-refractivity contribution in [2.75, 3.05) is 13.2 Å². The number of esters is 1. The molecule has 8 heteroatoms. The number of hydrogen-bond acceptors (Lipinski definition) is 7. The number of aliphatic hydroxyl groups is 2. The first kappa shape index (κ1) is 21.7. The molecule has 2 rings (SSSR count). The van der Waals surface area contributed by atoms with Crippen LogP contribution in [0.1, 0.15) is 31.1 Å². The first-order valence-electron chi connectivity index (χ1n) is 8.91. The van der Waals surface area contributed by atoms with E-state index in [1.54, 1.807) is 37.3 Å². The number of Topliss-reactive ketones (excluding diaryl/α,β-unsaturated/α-hetero) is 1.